The van der Waals surface area contributed by atoms with Gasteiger partial charge in [0.1, 0.15) is 23.9 Å². The summed E-state index contributed by atoms with van der Waals surface area (Å²) in [7, 11) is 0. The number of ether oxygens (including phenoxy) is 1. The second kappa shape index (κ2) is 10.00. The van der Waals surface area contributed by atoms with Gasteiger partial charge in [0, 0.05) is 37.8 Å². The lowest BCUT2D eigenvalue weighted by Crippen LogP contribution is -2.56. The number of hydrogen-bond donors (Lipinski definition) is 2. The van der Waals surface area contributed by atoms with Crippen molar-refractivity contribution in [1.82, 2.24) is 14.9 Å². The van der Waals surface area contributed by atoms with Crippen LogP contribution in [0.1, 0.15) is 47.2 Å². The fourth-order valence-corrected chi connectivity index (χ4v) is 3.34. The standard InChI is InChI=1S/C22H24F2N4O6/c1-12(2)34-7-6-26-11-28(13(3)29)27-10-16(19(30)20(31)18(27)22(26)33)21(32)25-9-14-4-5-15(23)8-17(14)24/h4-5,8,10,12,31H,6-7,9,11H2,1-3H3,(H,25,32). The smallest absolute Gasteiger partial charge is 0.278 e. The molecule has 0 radical (unpaired) electrons. The number of hydrogen-bond acceptors (Lipinski definition) is 6. The van der Waals surface area contributed by atoms with Gasteiger partial charge in [0.05, 0.1) is 12.7 Å². The number of aromatic hydroxyl groups is 1. The van der Waals surface area contributed by atoms with Gasteiger partial charge in [-0.1, -0.05) is 6.07 Å². The molecule has 3 rings (SSSR count). The molecular formula is C22H24F2N4O6. The van der Waals surface area contributed by atoms with Gasteiger partial charge in [0.2, 0.25) is 11.3 Å². The van der Waals surface area contributed by atoms with E-state index in [1.165, 1.54) is 11.8 Å². The third kappa shape index (κ3) is 5.06. The van der Waals surface area contributed by atoms with Gasteiger partial charge in [-0.25, -0.2) is 18.5 Å². The minimum Gasteiger partial charge on any atom is -0.502 e. The van der Waals surface area contributed by atoms with Crippen LogP contribution in [0.25, 0.3) is 0 Å². The molecule has 3 amide bonds. The monoisotopic (exact) mass is 478 g/mol. The molecule has 0 bridgehead atoms. The van der Waals surface area contributed by atoms with Crippen molar-refractivity contribution >= 4 is 17.7 Å². The van der Waals surface area contributed by atoms with Crippen LogP contribution >= 0.6 is 0 Å². The predicted octanol–water partition coefficient (Wildman–Crippen LogP) is 1.08. The van der Waals surface area contributed by atoms with Crippen LogP contribution in [-0.2, 0) is 16.1 Å². The summed E-state index contributed by atoms with van der Waals surface area (Å²) < 4.78 is 33.3. The van der Waals surface area contributed by atoms with E-state index in [0.29, 0.717) is 6.07 Å². The number of pyridine rings is 1. The molecule has 2 aromatic rings. The second-order valence-corrected chi connectivity index (χ2v) is 7.88. The third-order valence-electron chi connectivity index (χ3n) is 5.09. The van der Waals surface area contributed by atoms with Crippen LogP contribution in [0.3, 0.4) is 0 Å². The minimum atomic E-state index is -1.14. The Morgan fingerprint density at radius 3 is 2.56 bits per heavy atom. The van der Waals surface area contributed by atoms with Crippen LogP contribution in [0.15, 0.2) is 29.2 Å². The van der Waals surface area contributed by atoms with Gasteiger partial charge in [0.15, 0.2) is 11.4 Å². The zero-order valence-electron chi connectivity index (χ0n) is 18.8. The Hall–Kier alpha value is -3.80. The SMILES string of the molecule is CC(=O)N1CN(CCOC(C)C)C(=O)c2c(O)c(=O)c(C(=O)NCc3ccc(F)cc3F)cn21. The molecule has 0 spiro atoms. The Balaban J connectivity index is 1.91. The highest BCUT2D eigenvalue weighted by molar-refractivity contribution is 6.01. The van der Waals surface area contributed by atoms with E-state index in [4.69, 9.17) is 4.74 Å². The summed E-state index contributed by atoms with van der Waals surface area (Å²) in [4.78, 5) is 51.7. The lowest BCUT2D eigenvalue weighted by molar-refractivity contribution is -0.118. The van der Waals surface area contributed by atoms with Crippen molar-refractivity contribution < 1.29 is 33.0 Å². The summed E-state index contributed by atoms with van der Waals surface area (Å²) in [5.41, 5.74) is -2.21. The van der Waals surface area contributed by atoms with E-state index >= 15 is 0 Å². The van der Waals surface area contributed by atoms with E-state index < -0.39 is 51.8 Å². The molecule has 2 heterocycles. The maximum absolute atomic E-state index is 13.8. The first-order valence-electron chi connectivity index (χ1n) is 10.4. The van der Waals surface area contributed by atoms with Crippen molar-refractivity contribution in [1.29, 1.82) is 0 Å². The van der Waals surface area contributed by atoms with E-state index in [0.717, 1.165) is 28.0 Å². The summed E-state index contributed by atoms with van der Waals surface area (Å²) in [5, 5.41) is 13.9. The Morgan fingerprint density at radius 2 is 1.94 bits per heavy atom. The average molecular weight is 478 g/mol. The van der Waals surface area contributed by atoms with Gasteiger partial charge in [-0.05, 0) is 19.9 Å². The minimum absolute atomic E-state index is 0.0307. The summed E-state index contributed by atoms with van der Waals surface area (Å²) in [5.74, 6) is -4.91. The molecule has 0 aliphatic carbocycles. The topological polar surface area (TPSA) is 121 Å². The Bertz CT molecular complexity index is 1200. The van der Waals surface area contributed by atoms with Crippen molar-refractivity contribution in [2.75, 3.05) is 24.8 Å². The van der Waals surface area contributed by atoms with Crippen LogP contribution in [0, 0.1) is 11.6 Å². The zero-order valence-corrected chi connectivity index (χ0v) is 18.8. The molecule has 1 aliphatic rings. The lowest BCUT2D eigenvalue weighted by Gasteiger charge is -2.38. The molecule has 12 heteroatoms. The van der Waals surface area contributed by atoms with Crippen LogP contribution < -0.4 is 15.8 Å². The summed E-state index contributed by atoms with van der Waals surface area (Å²) >= 11 is 0. The first-order valence-corrected chi connectivity index (χ1v) is 10.4. The van der Waals surface area contributed by atoms with Crippen LogP contribution in [0.2, 0.25) is 0 Å². The average Bonchev–Trinajstić information content (AvgIpc) is 2.76. The van der Waals surface area contributed by atoms with Gasteiger partial charge in [0.25, 0.3) is 11.8 Å². The highest BCUT2D eigenvalue weighted by Crippen LogP contribution is 2.21. The molecule has 10 nitrogen and oxygen atoms in total. The van der Waals surface area contributed by atoms with Gasteiger partial charge in [-0.3, -0.25) is 19.2 Å². The van der Waals surface area contributed by atoms with E-state index in [-0.39, 0.29) is 38.0 Å². The van der Waals surface area contributed by atoms with Gasteiger partial charge in [-0.2, -0.15) is 0 Å². The number of halogens is 2. The Labute approximate surface area is 193 Å². The lowest BCUT2D eigenvalue weighted by atomic mass is 10.1. The molecule has 0 fully saturated rings. The molecule has 34 heavy (non-hydrogen) atoms. The quantitative estimate of drug-likeness (QED) is 0.615. The van der Waals surface area contributed by atoms with Crippen molar-refractivity contribution in [3.8, 4) is 5.75 Å². The number of benzene rings is 1. The van der Waals surface area contributed by atoms with Gasteiger partial charge >= 0.3 is 0 Å². The summed E-state index contributed by atoms with van der Waals surface area (Å²) in [6.07, 6.45) is 0.881. The number of aromatic nitrogens is 1. The highest BCUT2D eigenvalue weighted by atomic mass is 19.1. The fraction of sp³-hybridized carbons (Fsp3) is 0.364. The van der Waals surface area contributed by atoms with E-state index in [9.17, 15) is 33.1 Å². The molecule has 0 atom stereocenters. The van der Waals surface area contributed by atoms with Crippen LogP contribution in [-0.4, -0.2) is 58.3 Å². The Morgan fingerprint density at radius 1 is 1.24 bits per heavy atom. The molecule has 1 aliphatic heterocycles. The number of fused-ring (bicyclic) bond motifs is 1. The van der Waals surface area contributed by atoms with Gasteiger partial charge < -0.3 is 20.1 Å². The van der Waals surface area contributed by atoms with Crippen LogP contribution in [0.4, 0.5) is 8.78 Å². The maximum atomic E-state index is 13.8. The molecule has 1 aromatic carbocycles. The molecule has 0 saturated carbocycles. The molecule has 182 valence electrons. The summed E-state index contributed by atoms with van der Waals surface area (Å²) in [6, 6.07) is 2.80. The van der Waals surface area contributed by atoms with Crippen LogP contribution in [0.5, 0.6) is 5.75 Å². The predicted molar refractivity (Wildman–Crippen MR) is 116 cm³/mol. The second-order valence-electron chi connectivity index (χ2n) is 7.88. The normalized spacial score (nSPS) is 13.3. The summed E-state index contributed by atoms with van der Waals surface area (Å²) in [6.45, 7) is 4.54. The molecular weight excluding hydrogens is 454 g/mol. The molecule has 0 saturated heterocycles. The maximum Gasteiger partial charge on any atom is 0.278 e. The highest BCUT2D eigenvalue weighted by Gasteiger charge is 2.35. The van der Waals surface area contributed by atoms with Crippen molar-refractivity contribution in [3.05, 3.63) is 63.1 Å². The fourth-order valence-electron chi connectivity index (χ4n) is 3.34. The molecule has 0 unspecified atom stereocenters. The number of carbonyl (C=O) groups excluding carboxylic acids is 3. The van der Waals surface area contributed by atoms with Crippen molar-refractivity contribution in [2.45, 2.75) is 33.4 Å². The van der Waals surface area contributed by atoms with E-state index in [1.54, 1.807) is 0 Å². The first kappa shape index (κ1) is 24.8. The third-order valence-corrected chi connectivity index (χ3v) is 5.09. The number of nitrogens with zero attached hydrogens (tertiary/aromatic N) is 3. The zero-order chi connectivity index (χ0) is 25.2. The molecule has 2 N–H and O–H groups in total. The number of rotatable bonds is 7. The number of amides is 3. The largest absolute Gasteiger partial charge is 0.502 e. The number of nitrogens with one attached hydrogen (secondary N) is 1. The van der Waals surface area contributed by atoms with E-state index in [1.807, 2.05) is 13.8 Å². The first-order chi connectivity index (χ1) is 16.0. The van der Waals surface area contributed by atoms with Crippen molar-refractivity contribution in [3.63, 3.8) is 0 Å². The number of carbonyl (C=O) groups is 3. The Kier molecular flexibility index (Phi) is 7.30. The van der Waals surface area contributed by atoms with Gasteiger partial charge in [-0.15, -0.1) is 0 Å². The molecule has 1 aromatic heterocycles. The van der Waals surface area contributed by atoms with E-state index in [2.05, 4.69) is 5.32 Å². The van der Waals surface area contributed by atoms with Crippen molar-refractivity contribution in [2.24, 2.45) is 0 Å².